The van der Waals surface area contributed by atoms with Crippen LogP contribution in [-0.2, 0) is 0 Å². The van der Waals surface area contributed by atoms with Gasteiger partial charge in [0, 0.05) is 36.6 Å². The number of nitrogens with zero attached hydrogens (tertiary/aromatic N) is 3. The second-order valence-electron chi connectivity index (χ2n) is 5.55. The van der Waals surface area contributed by atoms with Crippen LogP contribution >= 0.6 is 11.3 Å². The van der Waals surface area contributed by atoms with E-state index in [1.807, 2.05) is 0 Å². The van der Waals surface area contributed by atoms with Crippen LogP contribution in [-0.4, -0.2) is 47.2 Å². The Labute approximate surface area is 121 Å². The number of nitro groups is 1. The molecule has 1 N–H and O–H groups in total. The molecule has 20 heavy (non-hydrogen) atoms. The van der Waals surface area contributed by atoms with Gasteiger partial charge in [0.1, 0.15) is 0 Å². The van der Waals surface area contributed by atoms with Crippen LogP contribution in [0.2, 0.25) is 0 Å². The molecule has 2 saturated heterocycles. The molecule has 3 rings (SSSR count). The maximum atomic E-state index is 11.2. The monoisotopic (exact) mass is 297 g/mol. The van der Waals surface area contributed by atoms with Crippen LogP contribution in [0.3, 0.4) is 0 Å². The van der Waals surface area contributed by atoms with E-state index in [4.69, 9.17) is 0 Å². The molecule has 1 aromatic heterocycles. The van der Waals surface area contributed by atoms with Crippen molar-refractivity contribution in [3.63, 3.8) is 0 Å². The van der Waals surface area contributed by atoms with Crippen molar-refractivity contribution in [1.29, 1.82) is 0 Å². The molecule has 7 heteroatoms. The molecule has 110 valence electrons. The zero-order chi connectivity index (χ0) is 14.3. The summed E-state index contributed by atoms with van der Waals surface area (Å²) in [6, 6.07) is 2.05. The van der Waals surface area contributed by atoms with Crippen molar-refractivity contribution in [2.24, 2.45) is 0 Å². The van der Waals surface area contributed by atoms with Crippen molar-refractivity contribution >= 4 is 22.0 Å². The number of aliphatic hydroxyl groups excluding tert-OH is 1. The van der Waals surface area contributed by atoms with Gasteiger partial charge in [0.05, 0.1) is 11.0 Å². The average Bonchev–Trinajstić information content (AvgIpc) is 3.04. The van der Waals surface area contributed by atoms with Gasteiger partial charge in [0.25, 0.3) is 0 Å². The Kier molecular flexibility index (Phi) is 3.66. The Morgan fingerprint density at radius 1 is 1.50 bits per heavy atom. The predicted molar refractivity (Wildman–Crippen MR) is 78.4 cm³/mol. The molecule has 1 aromatic rings. The first kappa shape index (κ1) is 13.8. The Hall–Kier alpha value is -1.18. The smallest absolute Gasteiger partial charge is 0.304 e. The first-order chi connectivity index (χ1) is 9.56. The largest absolute Gasteiger partial charge is 0.388 e. The summed E-state index contributed by atoms with van der Waals surface area (Å²) in [5.41, 5.74) is 0.136. The lowest BCUT2D eigenvalue weighted by atomic mass is 10.1. The Morgan fingerprint density at radius 2 is 2.30 bits per heavy atom. The van der Waals surface area contributed by atoms with Crippen molar-refractivity contribution in [2.45, 2.75) is 31.9 Å². The van der Waals surface area contributed by atoms with Crippen molar-refractivity contribution in [2.75, 3.05) is 31.1 Å². The summed E-state index contributed by atoms with van der Waals surface area (Å²) >= 11 is 1.35. The van der Waals surface area contributed by atoms with Gasteiger partial charge in [-0.3, -0.25) is 15.0 Å². The van der Waals surface area contributed by atoms with E-state index in [2.05, 4.69) is 9.80 Å². The van der Waals surface area contributed by atoms with Gasteiger partial charge in [-0.1, -0.05) is 0 Å². The number of aliphatic hydroxyl groups is 1. The molecule has 3 heterocycles. The minimum Gasteiger partial charge on any atom is -0.388 e. The average molecular weight is 297 g/mol. The molecule has 0 amide bonds. The Bertz CT molecular complexity index is 517. The van der Waals surface area contributed by atoms with Gasteiger partial charge < -0.3 is 10.0 Å². The van der Waals surface area contributed by atoms with Crippen LogP contribution in [0.4, 0.5) is 10.7 Å². The lowest BCUT2D eigenvalue weighted by Gasteiger charge is -2.37. The molecule has 0 aromatic carbocycles. The summed E-state index contributed by atoms with van der Waals surface area (Å²) in [6.45, 7) is 5.47. The fourth-order valence-corrected chi connectivity index (χ4v) is 4.23. The van der Waals surface area contributed by atoms with E-state index in [-0.39, 0.29) is 10.6 Å². The molecule has 2 aliphatic rings. The number of hydrogen-bond acceptors (Lipinski definition) is 6. The molecule has 1 unspecified atom stereocenters. The highest BCUT2D eigenvalue weighted by molar-refractivity contribution is 7.16. The maximum absolute atomic E-state index is 11.2. The molecule has 2 atom stereocenters. The SMILES string of the molecule is C[C@H](O)c1cc([N+](=O)[O-])c(N2CCN3CCCC3C2)s1. The molecule has 2 aliphatic heterocycles. The first-order valence-corrected chi connectivity index (χ1v) is 7.83. The van der Waals surface area contributed by atoms with Crippen LogP contribution < -0.4 is 4.90 Å². The van der Waals surface area contributed by atoms with Gasteiger partial charge in [-0.15, -0.1) is 11.3 Å². The third kappa shape index (κ3) is 2.41. The highest BCUT2D eigenvalue weighted by Gasteiger charge is 2.34. The molecule has 0 bridgehead atoms. The molecule has 2 fully saturated rings. The molecular weight excluding hydrogens is 278 g/mol. The van der Waals surface area contributed by atoms with E-state index in [0.29, 0.717) is 15.9 Å². The van der Waals surface area contributed by atoms with Gasteiger partial charge in [-0.05, 0) is 26.3 Å². The van der Waals surface area contributed by atoms with E-state index in [1.54, 1.807) is 6.92 Å². The first-order valence-electron chi connectivity index (χ1n) is 7.01. The van der Waals surface area contributed by atoms with Crippen molar-refractivity contribution in [3.8, 4) is 0 Å². The summed E-state index contributed by atoms with van der Waals surface area (Å²) in [7, 11) is 0. The third-order valence-corrected chi connectivity index (χ3v) is 5.55. The minimum absolute atomic E-state index is 0.136. The van der Waals surface area contributed by atoms with Crippen LogP contribution in [0.15, 0.2) is 6.07 Å². The molecule has 0 radical (unpaired) electrons. The highest BCUT2D eigenvalue weighted by atomic mass is 32.1. The topological polar surface area (TPSA) is 69.8 Å². The van der Waals surface area contributed by atoms with E-state index >= 15 is 0 Å². The summed E-state index contributed by atoms with van der Waals surface area (Å²) in [6.07, 6.45) is 1.75. The predicted octanol–water partition coefficient (Wildman–Crippen LogP) is 1.99. The number of hydrogen-bond donors (Lipinski definition) is 1. The Morgan fingerprint density at radius 3 is 3.00 bits per heavy atom. The lowest BCUT2D eigenvalue weighted by molar-refractivity contribution is -0.383. The number of thiophene rings is 1. The molecular formula is C13H19N3O3S. The van der Waals surface area contributed by atoms with Crippen molar-refractivity contribution in [1.82, 2.24) is 4.90 Å². The molecule has 0 spiro atoms. The quantitative estimate of drug-likeness (QED) is 0.682. The molecule has 0 saturated carbocycles. The van der Waals surface area contributed by atoms with Gasteiger partial charge >= 0.3 is 5.69 Å². The number of piperazine rings is 1. The zero-order valence-electron chi connectivity index (χ0n) is 11.5. The van der Waals surface area contributed by atoms with Crippen LogP contribution in [0.5, 0.6) is 0 Å². The second-order valence-corrected chi connectivity index (χ2v) is 6.61. The van der Waals surface area contributed by atoms with Crippen molar-refractivity contribution < 1.29 is 10.0 Å². The van der Waals surface area contributed by atoms with Crippen LogP contribution in [0.1, 0.15) is 30.7 Å². The van der Waals surface area contributed by atoms with E-state index in [9.17, 15) is 15.2 Å². The van der Waals surface area contributed by atoms with Gasteiger partial charge in [-0.2, -0.15) is 0 Å². The summed E-state index contributed by atoms with van der Waals surface area (Å²) in [5.74, 6) is 0. The molecule has 0 aliphatic carbocycles. The summed E-state index contributed by atoms with van der Waals surface area (Å²) in [4.78, 5) is 16.2. The number of anilines is 1. The summed E-state index contributed by atoms with van der Waals surface area (Å²) < 4.78 is 0. The fraction of sp³-hybridized carbons (Fsp3) is 0.692. The number of fused-ring (bicyclic) bond motifs is 1. The zero-order valence-corrected chi connectivity index (χ0v) is 12.3. The fourth-order valence-electron chi connectivity index (χ4n) is 3.13. The van der Waals surface area contributed by atoms with Gasteiger partial charge in [0.2, 0.25) is 0 Å². The van der Waals surface area contributed by atoms with Crippen LogP contribution in [0.25, 0.3) is 0 Å². The van der Waals surface area contributed by atoms with E-state index < -0.39 is 6.10 Å². The van der Waals surface area contributed by atoms with Gasteiger partial charge in [-0.25, -0.2) is 0 Å². The van der Waals surface area contributed by atoms with E-state index in [1.165, 1.54) is 30.2 Å². The van der Waals surface area contributed by atoms with E-state index in [0.717, 1.165) is 26.2 Å². The third-order valence-electron chi connectivity index (χ3n) is 4.20. The van der Waals surface area contributed by atoms with Crippen LogP contribution in [0, 0.1) is 10.1 Å². The van der Waals surface area contributed by atoms with Gasteiger partial charge in [0.15, 0.2) is 5.00 Å². The minimum atomic E-state index is -0.653. The number of rotatable bonds is 3. The second kappa shape index (κ2) is 5.31. The Balaban J connectivity index is 1.87. The van der Waals surface area contributed by atoms with Crippen molar-refractivity contribution in [3.05, 3.63) is 21.1 Å². The molecule has 6 nitrogen and oxygen atoms in total. The normalized spacial score (nSPS) is 24.7. The highest BCUT2D eigenvalue weighted by Crippen LogP contribution is 2.41. The lowest BCUT2D eigenvalue weighted by Crippen LogP contribution is -2.50. The summed E-state index contributed by atoms with van der Waals surface area (Å²) in [5, 5.41) is 21.6. The standard InChI is InChI=1S/C13H19N3O3S/c1-9(17)12-7-11(16(18)19)13(20-12)15-6-5-14-4-2-3-10(14)8-15/h7,9-10,17H,2-6,8H2,1H3/t9-,10?/m0/s1. The maximum Gasteiger partial charge on any atom is 0.304 e.